The zero-order valence-electron chi connectivity index (χ0n) is 24.8. The summed E-state index contributed by atoms with van der Waals surface area (Å²) in [7, 11) is 3.13. The van der Waals surface area contributed by atoms with Crippen LogP contribution in [0.4, 0.5) is 0 Å². The number of carbonyl (C=O) groups excluding carboxylic acids is 4. The van der Waals surface area contributed by atoms with E-state index in [4.69, 9.17) is 25.8 Å². The molecule has 0 bridgehead atoms. The van der Waals surface area contributed by atoms with Crippen molar-refractivity contribution in [2.75, 3.05) is 47.0 Å². The first-order valence-corrected chi connectivity index (χ1v) is 14.9. The summed E-state index contributed by atoms with van der Waals surface area (Å²) in [6.07, 6.45) is 1.32. The summed E-state index contributed by atoms with van der Waals surface area (Å²) >= 11 is 6.45. The second-order valence-electron chi connectivity index (χ2n) is 10.7. The summed E-state index contributed by atoms with van der Waals surface area (Å²) in [5.74, 6) is 0.625. The van der Waals surface area contributed by atoms with Crippen molar-refractivity contribution in [3.63, 3.8) is 0 Å². The van der Waals surface area contributed by atoms with Crippen LogP contribution in [0.15, 0.2) is 36.4 Å². The van der Waals surface area contributed by atoms with Gasteiger partial charge in [-0.1, -0.05) is 23.7 Å². The van der Waals surface area contributed by atoms with E-state index in [1.165, 1.54) is 4.90 Å². The second kappa shape index (κ2) is 15.0. The van der Waals surface area contributed by atoms with E-state index < -0.39 is 12.1 Å². The minimum Gasteiger partial charge on any atom is -0.497 e. The first kappa shape index (κ1) is 31.9. The van der Waals surface area contributed by atoms with E-state index in [1.807, 2.05) is 12.1 Å². The number of hydrogen-bond acceptors (Lipinski definition) is 7. The van der Waals surface area contributed by atoms with Crippen LogP contribution in [0.2, 0.25) is 5.02 Å². The lowest BCUT2D eigenvalue weighted by Crippen LogP contribution is -2.54. The Morgan fingerprint density at radius 1 is 1.05 bits per heavy atom. The van der Waals surface area contributed by atoms with Crippen molar-refractivity contribution in [2.24, 2.45) is 0 Å². The van der Waals surface area contributed by atoms with Gasteiger partial charge in [0.2, 0.25) is 23.6 Å². The molecule has 2 heterocycles. The number of carbonyl (C=O) groups is 4. The van der Waals surface area contributed by atoms with Crippen LogP contribution < -0.4 is 24.8 Å². The van der Waals surface area contributed by atoms with Crippen molar-refractivity contribution >= 4 is 35.2 Å². The monoisotopic (exact) mass is 614 g/mol. The number of amides is 4. The van der Waals surface area contributed by atoms with Crippen molar-refractivity contribution in [3.05, 3.63) is 52.5 Å². The number of fused-ring (bicyclic) bond motifs is 1. The molecule has 0 aliphatic carbocycles. The quantitative estimate of drug-likeness (QED) is 0.530. The van der Waals surface area contributed by atoms with Crippen molar-refractivity contribution in [3.8, 4) is 17.2 Å². The molecule has 0 radical (unpaired) electrons. The molecule has 2 aromatic carbocycles. The molecule has 4 amide bonds. The van der Waals surface area contributed by atoms with Gasteiger partial charge in [-0.05, 0) is 49.1 Å². The minimum atomic E-state index is -0.874. The van der Waals surface area contributed by atoms with Crippen LogP contribution in [-0.4, -0.2) is 92.5 Å². The van der Waals surface area contributed by atoms with E-state index in [0.29, 0.717) is 73.5 Å². The molecule has 2 N–H and O–H groups in total. The summed E-state index contributed by atoms with van der Waals surface area (Å²) in [6.45, 7) is 3.53. The predicted molar refractivity (Wildman–Crippen MR) is 160 cm³/mol. The van der Waals surface area contributed by atoms with Gasteiger partial charge in [0.1, 0.15) is 31.0 Å². The average Bonchev–Trinajstić information content (AvgIpc) is 3.01. The van der Waals surface area contributed by atoms with Crippen LogP contribution in [0.3, 0.4) is 0 Å². The Labute approximate surface area is 256 Å². The summed E-state index contributed by atoms with van der Waals surface area (Å²) in [5.41, 5.74) is 1.45. The van der Waals surface area contributed by atoms with Gasteiger partial charge in [-0.25, -0.2) is 0 Å². The number of benzene rings is 2. The molecule has 2 aliphatic rings. The molecule has 1 saturated heterocycles. The Hall–Kier alpha value is -3.99. The number of rotatable bonds is 5. The van der Waals surface area contributed by atoms with Gasteiger partial charge < -0.3 is 34.6 Å². The molecular weight excluding hydrogens is 576 g/mol. The highest BCUT2D eigenvalue weighted by atomic mass is 35.5. The lowest BCUT2D eigenvalue weighted by molar-refractivity contribution is -0.141. The Morgan fingerprint density at radius 2 is 1.72 bits per heavy atom. The Balaban J connectivity index is 1.47. The number of likely N-dealkylation sites (N-methyl/N-ethyl adjacent to an activating group) is 1. The van der Waals surface area contributed by atoms with E-state index in [9.17, 15) is 19.2 Å². The van der Waals surface area contributed by atoms with E-state index in [1.54, 1.807) is 50.2 Å². The highest BCUT2D eigenvalue weighted by Crippen LogP contribution is 2.35. The van der Waals surface area contributed by atoms with Gasteiger partial charge >= 0.3 is 0 Å². The van der Waals surface area contributed by atoms with Crippen molar-refractivity contribution in [2.45, 2.75) is 51.1 Å². The van der Waals surface area contributed by atoms with Crippen LogP contribution in [0.25, 0.3) is 0 Å². The predicted octanol–water partition coefficient (Wildman–Crippen LogP) is 2.37. The standard InChI is InChI=1S/C31H39ClN4O7/c1-20-30(39)33-11-5-13-36(29(38)18-22-17-26-27(19-24(22)32)43-15-14-42-26)12-4-6-28(37)34-25(31(40)35(20)2)16-21-7-9-23(41-3)10-8-21/h7-10,17,19-20,25H,4-6,11-16,18H2,1-3H3,(H,33,39)(H,34,37)/t20-,25-/m0/s1. The Kier molecular flexibility index (Phi) is 11.1. The van der Waals surface area contributed by atoms with Crippen molar-refractivity contribution < 1.29 is 33.4 Å². The van der Waals surface area contributed by atoms with Crippen molar-refractivity contribution in [1.29, 1.82) is 0 Å². The number of nitrogens with one attached hydrogen (secondary N) is 2. The minimum absolute atomic E-state index is 0.0499. The summed E-state index contributed by atoms with van der Waals surface area (Å²) in [4.78, 5) is 55.9. The zero-order valence-corrected chi connectivity index (χ0v) is 25.6. The number of halogens is 1. The third-order valence-corrected chi connectivity index (χ3v) is 8.03. The molecule has 232 valence electrons. The summed E-state index contributed by atoms with van der Waals surface area (Å²) in [6, 6.07) is 9.00. The summed E-state index contributed by atoms with van der Waals surface area (Å²) < 4.78 is 16.4. The van der Waals surface area contributed by atoms with E-state index >= 15 is 0 Å². The third-order valence-electron chi connectivity index (χ3n) is 7.68. The Morgan fingerprint density at radius 3 is 2.42 bits per heavy atom. The van der Waals surface area contributed by atoms with Crippen LogP contribution >= 0.6 is 11.6 Å². The smallest absolute Gasteiger partial charge is 0.245 e. The highest BCUT2D eigenvalue weighted by molar-refractivity contribution is 6.31. The van der Waals surface area contributed by atoms with Crippen LogP contribution in [0.5, 0.6) is 17.2 Å². The van der Waals surface area contributed by atoms with Gasteiger partial charge in [-0.15, -0.1) is 0 Å². The molecule has 12 heteroatoms. The molecule has 2 aromatic rings. The second-order valence-corrected chi connectivity index (χ2v) is 11.1. The average molecular weight is 615 g/mol. The fourth-order valence-corrected chi connectivity index (χ4v) is 5.23. The fraction of sp³-hybridized carbons (Fsp3) is 0.484. The lowest BCUT2D eigenvalue weighted by Gasteiger charge is -2.29. The van der Waals surface area contributed by atoms with E-state index in [-0.39, 0.29) is 42.9 Å². The fourth-order valence-electron chi connectivity index (χ4n) is 5.01. The molecule has 0 saturated carbocycles. The van der Waals surface area contributed by atoms with Gasteiger partial charge in [0.25, 0.3) is 0 Å². The summed E-state index contributed by atoms with van der Waals surface area (Å²) in [5, 5.41) is 6.14. The van der Waals surface area contributed by atoms with Crippen LogP contribution in [-0.2, 0) is 32.0 Å². The molecular formula is C31H39ClN4O7. The van der Waals surface area contributed by atoms with Gasteiger partial charge in [0.05, 0.1) is 13.5 Å². The van der Waals surface area contributed by atoms with E-state index in [2.05, 4.69) is 10.6 Å². The third kappa shape index (κ3) is 8.53. The number of methoxy groups -OCH3 is 1. The lowest BCUT2D eigenvalue weighted by atomic mass is 10.0. The molecule has 0 unspecified atom stereocenters. The number of ether oxygens (including phenoxy) is 3. The highest BCUT2D eigenvalue weighted by Gasteiger charge is 2.30. The van der Waals surface area contributed by atoms with Gasteiger partial charge in [-0.2, -0.15) is 0 Å². The number of nitrogens with zero attached hydrogens (tertiary/aromatic N) is 2. The number of hydrogen-bond donors (Lipinski definition) is 2. The first-order valence-electron chi connectivity index (χ1n) is 14.5. The van der Waals surface area contributed by atoms with Crippen LogP contribution in [0, 0.1) is 0 Å². The molecule has 0 spiro atoms. The SMILES string of the molecule is COc1ccc(C[C@@H]2NC(=O)CCCN(C(=O)Cc3cc4c(cc3Cl)OCCO4)CCCNC(=O)[C@H](C)N(C)C2=O)cc1. The van der Waals surface area contributed by atoms with E-state index in [0.717, 1.165) is 5.56 Å². The molecule has 0 aromatic heterocycles. The molecule has 2 aliphatic heterocycles. The molecule has 4 rings (SSSR count). The first-order chi connectivity index (χ1) is 20.7. The molecule has 1 fully saturated rings. The zero-order chi connectivity index (χ0) is 30.9. The van der Waals surface area contributed by atoms with Gasteiger partial charge in [0.15, 0.2) is 11.5 Å². The molecule has 11 nitrogen and oxygen atoms in total. The topological polar surface area (TPSA) is 127 Å². The molecule has 2 atom stereocenters. The van der Waals surface area contributed by atoms with Gasteiger partial charge in [0, 0.05) is 50.6 Å². The normalized spacial score (nSPS) is 20.4. The molecule has 43 heavy (non-hydrogen) atoms. The largest absolute Gasteiger partial charge is 0.497 e. The van der Waals surface area contributed by atoms with Crippen LogP contribution in [0.1, 0.15) is 37.3 Å². The maximum absolute atomic E-state index is 13.5. The Bertz CT molecular complexity index is 1320. The van der Waals surface area contributed by atoms with Gasteiger partial charge in [-0.3, -0.25) is 19.2 Å². The van der Waals surface area contributed by atoms with Crippen molar-refractivity contribution in [1.82, 2.24) is 20.4 Å². The maximum atomic E-state index is 13.5. The maximum Gasteiger partial charge on any atom is 0.245 e.